The van der Waals surface area contributed by atoms with E-state index in [9.17, 15) is 5.11 Å². The number of fused-ring (bicyclic) bond motifs is 1. The molecule has 0 aliphatic heterocycles. The van der Waals surface area contributed by atoms with E-state index >= 15 is 0 Å². The first kappa shape index (κ1) is 17.5. The number of para-hydroxylation sites is 2. The van der Waals surface area contributed by atoms with Crippen LogP contribution in [0.15, 0.2) is 48.5 Å². The van der Waals surface area contributed by atoms with Crippen molar-refractivity contribution >= 4 is 11.0 Å². The van der Waals surface area contributed by atoms with Gasteiger partial charge in [0.05, 0.1) is 29.8 Å². The third-order valence-electron chi connectivity index (χ3n) is 4.14. The van der Waals surface area contributed by atoms with E-state index in [2.05, 4.69) is 20.9 Å². The van der Waals surface area contributed by atoms with Crippen molar-refractivity contribution in [1.29, 1.82) is 0 Å². The molecule has 1 atom stereocenters. The predicted molar refractivity (Wildman–Crippen MR) is 99.6 cm³/mol. The number of imidazole rings is 1. The van der Waals surface area contributed by atoms with Crippen molar-refractivity contribution in [2.24, 2.45) is 7.05 Å². The monoisotopic (exact) mass is 339 g/mol. The minimum atomic E-state index is -0.567. The first-order chi connectivity index (χ1) is 12.0. The molecule has 2 aromatic carbocycles. The van der Waals surface area contributed by atoms with E-state index in [0.29, 0.717) is 13.1 Å². The molecular weight excluding hydrogens is 314 g/mol. The quantitative estimate of drug-likeness (QED) is 0.694. The van der Waals surface area contributed by atoms with Gasteiger partial charge >= 0.3 is 0 Å². The molecule has 1 unspecified atom stereocenters. The largest absolute Gasteiger partial charge is 0.491 e. The average Bonchev–Trinajstić information content (AvgIpc) is 2.91. The van der Waals surface area contributed by atoms with Crippen molar-refractivity contribution in [3.05, 3.63) is 59.9 Å². The van der Waals surface area contributed by atoms with E-state index in [0.717, 1.165) is 28.2 Å². The van der Waals surface area contributed by atoms with Gasteiger partial charge in [0.25, 0.3) is 0 Å². The van der Waals surface area contributed by atoms with Gasteiger partial charge in [-0.25, -0.2) is 4.98 Å². The molecule has 0 radical (unpaired) electrons. The SMILES string of the molecule is CC(C)Oc1ccc(C(O)CNCc2nc3ccccc3n2C)cc1. The maximum absolute atomic E-state index is 10.3. The molecule has 2 N–H and O–H groups in total. The van der Waals surface area contributed by atoms with Crippen molar-refractivity contribution < 1.29 is 9.84 Å². The zero-order chi connectivity index (χ0) is 17.8. The van der Waals surface area contributed by atoms with Crippen LogP contribution in [0, 0.1) is 0 Å². The molecule has 1 heterocycles. The lowest BCUT2D eigenvalue weighted by molar-refractivity contribution is 0.173. The highest BCUT2D eigenvalue weighted by molar-refractivity contribution is 5.75. The van der Waals surface area contributed by atoms with Gasteiger partial charge in [0.1, 0.15) is 11.6 Å². The highest BCUT2D eigenvalue weighted by Gasteiger charge is 2.10. The standard InChI is InChI=1S/C20H25N3O2/c1-14(2)25-16-10-8-15(9-11-16)19(24)12-21-13-20-22-17-6-4-5-7-18(17)23(20)3/h4-11,14,19,21,24H,12-13H2,1-3H3. The van der Waals surface area contributed by atoms with Gasteiger partial charge in [0.15, 0.2) is 0 Å². The molecule has 3 aromatic rings. The van der Waals surface area contributed by atoms with Crippen LogP contribution in [-0.2, 0) is 13.6 Å². The molecule has 0 saturated heterocycles. The summed E-state index contributed by atoms with van der Waals surface area (Å²) in [5.41, 5.74) is 2.97. The van der Waals surface area contributed by atoms with Crippen LogP contribution < -0.4 is 10.1 Å². The summed E-state index contributed by atoms with van der Waals surface area (Å²) in [4.78, 5) is 4.62. The Morgan fingerprint density at radius 2 is 1.84 bits per heavy atom. The van der Waals surface area contributed by atoms with Gasteiger partial charge in [-0.15, -0.1) is 0 Å². The number of aryl methyl sites for hydroxylation is 1. The number of aliphatic hydroxyl groups excluding tert-OH is 1. The average molecular weight is 339 g/mol. The topological polar surface area (TPSA) is 59.3 Å². The van der Waals surface area contributed by atoms with Crippen molar-refractivity contribution in [1.82, 2.24) is 14.9 Å². The summed E-state index contributed by atoms with van der Waals surface area (Å²) in [6, 6.07) is 15.7. The number of ether oxygens (including phenoxy) is 1. The van der Waals surface area contributed by atoms with Gasteiger partial charge in [-0.05, 0) is 43.7 Å². The summed E-state index contributed by atoms with van der Waals surface area (Å²) in [6.07, 6.45) is -0.423. The Morgan fingerprint density at radius 3 is 2.52 bits per heavy atom. The van der Waals surface area contributed by atoms with E-state index in [4.69, 9.17) is 4.74 Å². The summed E-state index contributed by atoms with van der Waals surface area (Å²) in [7, 11) is 2.01. The fourth-order valence-corrected chi connectivity index (χ4v) is 2.83. The fourth-order valence-electron chi connectivity index (χ4n) is 2.83. The number of hydrogen-bond donors (Lipinski definition) is 2. The highest BCUT2D eigenvalue weighted by Crippen LogP contribution is 2.19. The Morgan fingerprint density at radius 1 is 1.12 bits per heavy atom. The summed E-state index contributed by atoms with van der Waals surface area (Å²) in [5, 5.41) is 13.6. The summed E-state index contributed by atoms with van der Waals surface area (Å²) in [6.45, 7) is 5.06. The van der Waals surface area contributed by atoms with E-state index < -0.39 is 6.10 Å². The molecule has 0 aliphatic carbocycles. The van der Waals surface area contributed by atoms with E-state index in [1.54, 1.807) is 0 Å². The third kappa shape index (κ3) is 4.18. The fraction of sp³-hybridized carbons (Fsp3) is 0.350. The van der Waals surface area contributed by atoms with Crippen molar-refractivity contribution in [2.45, 2.75) is 32.6 Å². The molecular formula is C20H25N3O2. The molecule has 1 aromatic heterocycles. The van der Waals surface area contributed by atoms with E-state index in [1.165, 1.54) is 0 Å². The van der Waals surface area contributed by atoms with Crippen LogP contribution in [0.1, 0.15) is 31.3 Å². The smallest absolute Gasteiger partial charge is 0.123 e. The molecule has 0 aliphatic rings. The highest BCUT2D eigenvalue weighted by atomic mass is 16.5. The number of aromatic nitrogens is 2. The minimum Gasteiger partial charge on any atom is -0.491 e. The second-order valence-electron chi connectivity index (χ2n) is 6.46. The van der Waals surface area contributed by atoms with Crippen LogP contribution in [0.4, 0.5) is 0 Å². The van der Waals surface area contributed by atoms with Gasteiger partial charge in [0, 0.05) is 13.6 Å². The van der Waals surface area contributed by atoms with Crippen LogP contribution >= 0.6 is 0 Å². The van der Waals surface area contributed by atoms with Crippen LogP contribution in [0.2, 0.25) is 0 Å². The van der Waals surface area contributed by atoms with Crippen LogP contribution in [0.5, 0.6) is 5.75 Å². The van der Waals surface area contributed by atoms with Crippen molar-refractivity contribution in [2.75, 3.05) is 6.54 Å². The van der Waals surface area contributed by atoms with Gasteiger partial charge in [-0.2, -0.15) is 0 Å². The Hall–Kier alpha value is -2.37. The van der Waals surface area contributed by atoms with Gasteiger partial charge in [-0.3, -0.25) is 0 Å². The second kappa shape index (κ2) is 7.68. The Balaban J connectivity index is 1.56. The number of nitrogens with one attached hydrogen (secondary N) is 1. The van der Waals surface area contributed by atoms with Crippen LogP contribution in [-0.4, -0.2) is 27.3 Å². The molecule has 0 spiro atoms. The Bertz CT molecular complexity index is 825. The first-order valence-corrected chi connectivity index (χ1v) is 8.60. The molecule has 132 valence electrons. The Labute approximate surface area is 148 Å². The van der Waals surface area contributed by atoms with Gasteiger partial charge < -0.3 is 19.7 Å². The normalized spacial score (nSPS) is 12.7. The van der Waals surface area contributed by atoms with Crippen LogP contribution in [0.3, 0.4) is 0 Å². The van der Waals surface area contributed by atoms with Gasteiger partial charge in [-0.1, -0.05) is 24.3 Å². The zero-order valence-electron chi connectivity index (χ0n) is 14.9. The summed E-state index contributed by atoms with van der Waals surface area (Å²) in [5.74, 6) is 1.77. The maximum atomic E-state index is 10.3. The van der Waals surface area contributed by atoms with Crippen molar-refractivity contribution in [3.63, 3.8) is 0 Å². The van der Waals surface area contributed by atoms with Gasteiger partial charge in [0.2, 0.25) is 0 Å². The predicted octanol–water partition coefficient (Wildman–Crippen LogP) is 3.18. The number of nitrogens with zero attached hydrogens (tertiary/aromatic N) is 2. The molecule has 3 rings (SSSR count). The molecule has 0 saturated carbocycles. The third-order valence-corrected chi connectivity index (χ3v) is 4.14. The number of benzene rings is 2. The lowest BCUT2D eigenvalue weighted by atomic mass is 10.1. The number of hydrogen-bond acceptors (Lipinski definition) is 4. The Kier molecular flexibility index (Phi) is 5.36. The number of aliphatic hydroxyl groups is 1. The molecule has 0 bridgehead atoms. The minimum absolute atomic E-state index is 0.144. The molecule has 25 heavy (non-hydrogen) atoms. The molecule has 0 fully saturated rings. The van der Waals surface area contributed by atoms with E-state index in [-0.39, 0.29) is 6.10 Å². The number of rotatable bonds is 7. The lowest BCUT2D eigenvalue weighted by Gasteiger charge is -2.14. The van der Waals surface area contributed by atoms with Crippen molar-refractivity contribution in [3.8, 4) is 5.75 Å². The molecule has 5 heteroatoms. The molecule has 0 amide bonds. The van der Waals surface area contributed by atoms with Crippen LogP contribution in [0.25, 0.3) is 11.0 Å². The molecule has 5 nitrogen and oxygen atoms in total. The maximum Gasteiger partial charge on any atom is 0.123 e. The zero-order valence-corrected chi connectivity index (χ0v) is 14.9. The second-order valence-corrected chi connectivity index (χ2v) is 6.46. The summed E-state index contributed by atoms with van der Waals surface area (Å²) >= 11 is 0. The summed E-state index contributed by atoms with van der Waals surface area (Å²) < 4.78 is 7.70. The lowest BCUT2D eigenvalue weighted by Crippen LogP contribution is -2.22. The first-order valence-electron chi connectivity index (χ1n) is 8.60. The van der Waals surface area contributed by atoms with E-state index in [1.807, 2.05) is 63.4 Å².